The van der Waals surface area contributed by atoms with E-state index in [1.807, 2.05) is 0 Å². The third-order valence-electron chi connectivity index (χ3n) is 4.21. The minimum Gasteiger partial charge on any atom is -0.493 e. The number of halogens is 1. The fraction of sp³-hybridized carbons (Fsp3) is 0.158. The first-order valence-corrected chi connectivity index (χ1v) is 8.78. The van der Waals surface area contributed by atoms with Crippen LogP contribution in [-0.4, -0.2) is 46.5 Å². The first-order valence-electron chi connectivity index (χ1n) is 8.78. The van der Waals surface area contributed by atoms with Crippen molar-refractivity contribution < 1.29 is 18.6 Å². The van der Waals surface area contributed by atoms with Gasteiger partial charge in [0.1, 0.15) is 17.5 Å². The number of fused-ring (bicyclic) bond motifs is 1. The molecule has 0 saturated carbocycles. The summed E-state index contributed by atoms with van der Waals surface area (Å²) < 4.78 is 29.6. The molecule has 10 nitrogen and oxygen atoms in total. The summed E-state index contributed by atoms with van der Waals surface area (Å²) in [5.74, 6) is 2.26. The number of hydrogen-bond donors (Lipinski definition) is 3. The standard InChI is InChI=1S/C19H18FN7O3/c1-28-13-7-11(8-14(29-2)16(13)30-3)23-19-21-5-4-15(25-19)24-18-12-6-10(20)9-22-17(12)26-27-18/h4-9H,1-3H3,(H3,21,22,23,24,25,26,27). The van der Waals surface area contributed by atoms with Gasteiger partial charge in [0.15, 0.2) is 17.1 Å². The Hall–Kier alpha value is -4.15. The van der Waals surface area contributed by atoms with Gasteiger partial charge in [-0.25, -0.2) is 14.4 Å². The molecular weight excluding hydrogens is 393 g/mol. The van der Waals surface area contributed by atoms with Crippen LogP contribution in [0.3, 0.4) is 0 Å². The first-order chi connectivity index (χ1) is 14.6. The Labute approximate surface area is 170 Å². The van der Waals surface area contributed by atoms with Gasteiger partial charge in [-0.05, 0) is 12.1 Å². The zero-order valence-electron chi connectivity index (χ0n) is 16.4. The fourth-order valence-electron chi connectivity index (χ4n) is 2.87. The Morgan fingerprint density at radius 1 is 0.967 bits per heavy atom. The summed E-state index contributed by atoms with van der Waals surface area (Å²) >= 11 is 0. The number of methoxy groups -OCH3 is 3. The first kappa shape index (κ1) is 19.2. The Morgan fingerprint density at radius 2 is 1.73 bits per heavy atom. The Balaban J connectivity index is 1.60. The van der Waals surface area contributed by atoms with Crippen molar-refractivity contribution in [1.82, 2.24) is 25.1 Å². The van der Waals surface area contributed by atoms with E-state index in [4.69, 9.17) is 14.2 Å². The quantitative estimate of drug-likeness (QED) is 0.420. The molecule has 1 aromatic carbocycles. The van der Waals surface area contributed by atoms with Crippen LogP contribution in [0.2, 0.25) is 0 Å². The van der Waals surface area contributed by atoms with Crippen LogP contribution in [0.1, 0.15) is 0 Å². The Morgan fingerprint density at radius 3 is 2.43 bits per heavy atom. The molecule has 4 aromatic rings. The number of H-pyrrole nitrogens is 1. The number of pyridine rings is 1. The number of ether oxygens (including phenoxy) is 3. The van der Waals surface area contributed by atoms with Crippen LogP contribution in [-0.2, 0) is 0 Å². The molecule has 3 aromatic heterocycles. The van der Waals surface area contributed by atoms with E-state index in [9.17, 15) is 4.39 Å². The van der Waals surface area contributed by atoms with Gasteiger partial charge in [-0.15, -0.1) is 0 Å². The molecule has 0 aliphatic rings. The van der Waals surface area contributed by atoms with E-state index in [1.165, 1.54) is 27.4 Å². The van der Waals surface area contributed by atoms with Crippen molar-refractivity contribution in [3.05, 3.63) is 42.5 Å². The van der Waals surface area contributed by atoms with Gasteiger partial charge in [0.25, 0.3) is 0 Å². The highest BCUT2D eigenvalue weighted by molar-refractivity contribution is 5.88. The average molecular weight is 411 g/mol. The summed E-state index contributed by atoms with van der Waals surface area (Å²) in [7, 11) is 4.61. The number of hydrogen-bond acceptors (Lipinski definition) is 9. The lowest BCUT2D eigenvalue weighted by atomic mass is 10.2. The highest BCUT2D eigenvalue weighted by Crippen LogP contribution is 2.40. The summed E-state index contributed by atoms with van der Waals surface area (Å²) in [5, 5.41) is 13.5. The Kier molecular flexibility index (Phi) is 5.16. The Bertz CT molecular complexity index is 1170. The summed E-state index contributed by atoms with van der Waals surface area (Å²) in [6.07, 6.45) is 2.68. The van der Waals surface area contributed by atoms with Crippen LogP contribution in [0.5, 0.6) is 17.2 Å². The molecule has 154 valence electrons. The van der Waals surface area contributed by atoms with Gasteiger partial charge in [-0.1, -0.05) is 0 Å². The fourth-order valence-corrected chi connectivity index (χ4v) is 2.87. The number of nitrogens with zero attached hydrogens (tertiary/aromatic N) is 4. The van der Waals surface area contributed by atoms with Gasteiger partial charge in [0.05, 0.1) is 32.9 Å². The second-order valence-electron chi connectivity index (χ2n) is 6.05. The molecule has 4 rings (SSSR count). The monoisotopic (exact) mass is 411 g/mol. The molecule has 30 heavy (non-hydrogen) atoms. The lowest BCUT2D eigenvalue weighted by Gasteiger charge is -2.14. The van der Waals surface area contributed by atoms with Gasteiger partial charge in [0.2, 0.25) is 11.7 Å². The van der Waals surface area contributed by atoms with Gasteiger partial charge >= 0.3 is 0 Å². The maximum absolute atomic E-state index is 13.5. The highest BCUT2D eigenvalue weighted by Gasteiger charge is 2.14. The van der Waals surface area contributed by atoms with Crippen molar-refractivity contribution in [2.24, 2.45) is 0 Å². The van der Waals surface area contributed by atoms with E-state index in [2.05, 4.69) is 35.8 Å². The van der Waals surface area contributed by atoms with Crippen molar-refractivity contribution in [3.8, 4) is 17.2 Å². The zero-order valence-corrected chi connectivity index (χ0v) is 16.4. The topological polar surface area (TPSA) is 119 Å². The largest absolute Gasteiger partial charge is 0.493 e. The molecule has 0 fully saturated rings. The zero-order chi connectivity index (χ0) is 21.1. The van der Waals surface area contributed by atoms with Gasteiger partial charge < -0.3 is 24.8 Å². The smallest absolute Gasteiger partial charge is 0.229 e. The molecular formula is C19H18FN7O3. The minimum absolute atomic E-state index is 0.322. The maximum atomic E-state index is 13.5. The van der Waals surface area contributed by atoms with Crippen molar-refractivity contribution in [3.63, 3.8) is 0 Å². The summed E-state index contributed by atoms with van der Waals surface area (Å²) in [4.78, 5) is 12.6. The average Bonchev–Trinajstić information content (AvgIpc) is 3.15. The molecule has 3 N–H and O–H groups in total. The second kappa shape index (κ2) is 8.07. The van der Waals surface area contributed by atoms with Crippen LogP contribution in [0.4, 0.5) is 27.7 Å². The van der Waals surface area contributed by atoms with Crippen molar-refractivity contribution in [2.45, 2.75) is 0 Å². The number of nitrogens with one attached hydrogen (secondary N) is 3. The second-order valence-corrected chi connectivity index (χ2v) is 6.05. The molecule has 0 radical (unpaired) electrons. The summed E-state index contributed by atoms with van der Waals surface area (Å²) in [5.41, 5.74) is 1.03. The lowest BCUT2D eigenvalue weighted by Crippen LogP contribution is -2.02. The summed E-state index contributed by atoms with van der Waals surface area (Å²) in [6, 6.07) is 6.48. The molecule has 0 aliphatic carbocycles. The van der Waals surface area contributed by atoms with E-state index in [0.29, 0.717) is 51.6 Å². The predicted octanol–water partition coefficient (Wildman–Crippen LogP) is 3.40. The molecule has 0 atom stereocenters. The highest BCUT2D eigenvalue weighted by atomic mass is 19.1. The van der Waals surface area contributed by atoms with Crippen molar-refractivity contribution >= 4 is 34.3 Å². The van der Waals surface area contributed by atoms with E-state index in [0.717, 1.165) is 6.20 Å². The number of anilines is 4. The SMILES string of the molecule is COc1cc(Nc2nccc(Nc3[nH]nc4ncc(F)cc34)n2)cc(OC)c1OC. The maximum Gasteiger partial charge on any atom is 0.229 e. The normalized spacial score (nSPS) is 10.7. The van der Waals surface area contributed by atoms with Gasteiger partial charge in [-0.3, -0.25) is 5.10 Å². The number of aromatic amines is 1. The molecule has 0 unspecified atom stereocenters. The van der Waals surface area contributed by atoms with E-state index in [1.54, 1.807) is 24.4 Å². The van der Waals surface area contributed by atoms with Crippen LogP contribution >= 0.6 is 0 Å². The van der Waals surface area contributed by atoms with Gasteiger partial charge in [-0.2, -0.15) is 10.1 Å². The number of benzene rings is 1. The molecule has 11 heteroatoms. The molecule has 0 aliphatic heterocycles. The third-order valence-corrected chi connectivity index (χ3v) is 4.21. The molecule has 3 heterocycles. The van der Waals surface area contributed by atoms with E-state index in [-0.39, 0.29) is 0 Å². The lowest BCUT2D eigenvalue weighted by molar-refractivity contribution is 0.324. The summed E-state index contributed by atoms with van der Waals surface area (Å²) in [6.45, 7) is 0. The minimum atomic E-state index is -0.459. The molecule has 0 saturated heterocycles. The van der Waals surface area contributed by atoms with Crippen LogP contribution < -0.4 is 24.8 Å². The van der Waals surface area contributed by atoms with Crippen molar-refractivity contribution in [1.29, 1.82) is 0 Å². The number of rotatable bonds is 7. The number of aromatic nitrogens is 5. The molecule has 0 bridgehead atoms. The third kappa shape index (κ3) is 3.72. The van der Waals surface area contributed by atoms with E-state index >= 15 is 0 Å². The van der Waals surface area contributed by atoms with Crippen LogP contribution in [0, 0.1) is 5.82 Å². The van der Waals surface area contributed by atoms with Crippen LogP contribution in [0.15, 0.2) is 36.7 Å². The predicted molar refractivity (Wildman–Crippen MR) is 109 cm³/mol. The molecule has 0 amide bonds. The van der Waals surface area contributed by atoms with Crippen molar-refractivity contribution in [2.75, 3.05) is 32.0 Å². The van der Waals surface area contributed by atoms with E-state index < -0.39 is 5.82 Å². The molecule has 0 spiro atoms. The van der Waals surface area contributed by atoms with Crippen LogP contribution in [0.25, 0.3) is 11.0 Å². The van der Waals surface area contributed by atoms with Gasteiger partial charge in [0, 0.05) is 24.0 Å².